The first kappa shape index (κ1) is 22.7. The lowest BCUT2D eigenvalue weighted by atomic mass is 10.0. The molecular weight excluding hydrogens is 342 g/mol. The van der Waals surface area contributed by atoms with Gasteiger partial charge in [0.2, 0.25) is 0 Å². The highest BCUT2D eigenvalue weighted by Crippen LogP contribution is 2.12. The summed E-state index contributed by atoms with van der Waals surface area (Å²) in [7, 11) is 0. The number of hydrogen-bond donors (Lipinski definition) is 3. The summed E-state index contributed by atoms with van der Waals surface area (Å²) in [6, 6.07) is 4.64. The van der Waals surface area contributed by atoms with Gasteiger partial charge in [0.25, 0.3) is 17.7 Å². The van der Waals surface area contributed by atoms with Crippen molar-refractivity contribution in [3.63, 3.8) is 0 Å². The molecule has 0 atom stereocenters. The van der Waals surface area contributed by atoms with E-state index in [1.807, 2.05) is 20.8 Å². The molecule has 0 saturated carbocycles. The smallest absolute Gasteiger partial charge is 0.251 e. The summed E-state index contributed by atoms with van der Waals surface area (Å²) in [5.74, 6) is -0.808. The molecule has 0 aliphatic heterocycles. The van der Waals surface area contributed by atoms with Gasteiger partial charge in [-0.15, -0.1) is 0 Å². The molecule has 27 heavy (non-hydrogen) atoms. The molecule has 0 aliphatic rings. The molecule has 0 aromatic heterocycles. The molecular formula is C21H33N3O3. The van der Waals surface area contributed by atoms with Crippen molar-refractivity contribution in [2.45, 2.75) is 59.3 Å². The minimum Gasteiger partial charge on any atom is -0.352 e. The fraction of sp³-hybridized carbons (Fsp3) is 0.571. The number of carbonyl (C=O) groups excluding carboxylic acids is 3. The number of carbonyl (C=O) groups is 3. The minimum absolute atomic E-state index is 0.269. The van der Waals surface area contributed by atoms with Crippen molar-refractivity contribution in [1.29, 1.82) is 0 Å². The van der Waals surface area contributed by atoms with Gasteiger partial charge in [0.05, 0.1) is 0 Å². The zero-order valence-corrected chi connectivity index (χ0v) is 16.8. The molecule has 0 spiro atoms. The number of hydrogen-bond acceptors (Lipinski definition) is 3. The highest BCUT2D eigenvalue weighted by molar-refractivity contribution is 6.04. The molecule has 1 aromatic rings. The quantitative estimate of drug-likeness (QED) is 0.490. The third-order valence-electron chi connectivity index (χ3n) is 4.17. The van der Waals surface area contributed by atoms with Crippen molar-refractivity contribution >= 4 is 17.7 Å². The molecule has 6 nitrogen and oxygen atoms in total. The van der Waals surface area contributed by atoms with Crippen LogP contribution in [0.15, 0.2) is 18.2 Å². The second-order valence-corrected chi connectivity index (χ2v) is 6.63. The van der Waals surface area contributed by atoms with Gasteiger partial charge in [0.15, 0.2) is 0 Å². The lowest BCUT2D eigenvalue weighted by molar-refractivity contribution is 0.0952. The molecule has 0 saturated heterocycles. The topological polar surface area (TPSA) is 87.3 Å². The van der Waals surface area contributed by atoms with E-state index in [-0.39, 0.29) is 17.7 Å². The van der Waals surface area contributed by atoms with E-state index in [1.54, 1.807) is 18.2 Å². The number of benzene rings is 1. The maximum atomic E-state index is 12.4. The van der Waals surface area contributed by atoms with Gasteiger partial charge in [-0.25, -0.2) is 0 Å². The minimum atomic E-state index is -0.269. The number of amides is 3. The van der Waals surface area contributed by atoms with E-state index >= 15 is 0 Å². The van der Waals surface area contributed by atoms with Crippen molar-refractivity contribution in [1.82, 2.24) is 16.0 Å². The van der Waals surface area contributed by atoms with Gasteiger partial charge in [-0.05, 0) is 37.5 Å². The standard InChI is InChI=1S/C21H33N3O3/c1-4-7-10-22-19(25)16-13-17(20(26)23-11-8-5-2)15-18(14-16)21(27)24-12-9-6-3/h13-15H,4-12H2,1-3H3,(H,22,25)(H,23,26)(H,24,27). The van der Waals surface area contributed by atoms with Crippen LogP contribution in [0.25, 0.3) is 0 Å². The molecule has 0 fully saturated rings. The summed E-state index contributed by atoms with van der Waals surface area (Å²) < 4.78 is 0. The van der Waals surface area contributed by atoms with E-state index in [1.165, 1.54) is 0 Å². The Labute approximate surface area is 162 Å². The van der Waals surface area contributed by atoms with Gasteiger partial charge in [0, 0.05) is 36.3 Å². The zero-order chi connectivity index (χ0) is 20.1. The SMILES string of the molecule is CCCCNC(=O)c1cc(C(=O)NCCCC)cc(C(=O)NCCCC)c1. The molecule has 3 N–H and O–H groups in total. The van der Waals surface area contributed by atoms with Crippen molar-refractivity contribution in [2.75, 3.05) is 19.6 Å². The predicted molar refractivity (Wildman–Crippen MR) is 108 cm³/mol. The summed E-state index contributed by atoms with van der Waals surface area (Å²) in [6.07, 6.45) is 5.58. The summed E-state index contributed by atoms with van der Waals surface area (Å²) in [5.41, 5.74) is 0.986. The Hall–Kier alpha value is -2.37. The average Bonchev–Trinajstić information content (AvgIpc) is 2.67. The van der Waals surface area contributed by atoms with Crippen molar-refractivity contribution in [3.8, 4) is 0 Å². The largest absolute Gasteiger partial charge is 0.352 e. The monoisotopic (exact) mass is 375 g/mol. The Morgan fingerprint density at radius 1 is 0.593 bits per heavy atom. The highest BCUT2D eigenvalue weighted by Gasteiger charge is 2.16. The van der Waals surface area contributed by atoms with Crippen LogP contribution < -0.4 is 16.0 Å². The van der Waals surface area contributed by atoms with E-state index in [4.69, 9.17) is 0 Å². The van der Waals surface area contributed by atoms with Crippen LogP contribution in [0, 0.1) is 0 Å². The molecule has 0 unspecified atom stereocenters. The third kappa shape index (κ3) is 8.24. The number of rotatable bonds is 12. The molecule has 0 aliphatic carbocycles. The van der Waals surface area contributed by atoms with Crippen LogP contribution in [0.2, 0.25) is 0 Å². The first-order valence-electron chi connectivity index (χ1n) is 10.0. The van der Waals surface area contributed by atoms with Crippen LogP contribution in [-0.4, -0.2) is 37.4 Å². The fourth-order valence-electron chi connectivity index (χ4n) is 2.46. The van der Waals surface area contributed by atoms with Gasteiger partial charge in [-0.2, -0.15) is 0 Å². The Bertz CT molecular complexity index is 531. The van der Waals surface area contributed by atoms with Crippen LogP contribution in [0.5, 0.6) is 0 Å². The second-order valence-electron chi connectivity index (χ2n) is 6.63. The first-order chi connectivity index (χ1) is 13.0. The Morgan fingerprint density at radius 3 is 1.07 bits per heavy atom. The van der Waals surface area contributed by atoms with E-state index in [2.05, 4.69) is 16.0 Å². The predicted octanol–water partition coefficient (Wildman–Crippen LogP) is 3.28. The van der Waals surface area contributed by atoms with Crippen molar-refractivity contribution < 1.29 is 14.4 Å². The summed E-state index contributed by atoms with van der Waals surface area (Å²) in [6.45, 7) is 7.85. The number of nitrogens with one attached hydrogen (secondary N) is 3. The summed E-state index contributed by atoms with van der Waals surface area (Å²) >= 11 is 0. The zero-order valence-electron chi connectivity index (χ0n) is 16.8. The van der Waals surface area contributed by atoms with Gasteiger partial charge in [-0.1, -0.05) is 40.0 Å². The van der Waals surface area contributed by atoms with E-state index in [0.29, 0.717) is 36.3 Å². The molecule has 0 bridgehead atoms. The Balaban J connectivity index is 3.01. The molecule has 1 rings (SSSR count). The summed E-state index contributed by atoms with van der Waals surface area (Å²) in [4.78, 5) is 37.2. The summed E-state index contributed by atoms with van der Waals surface area (Å²) in [5, 5.41) is 8.50. The van der Waals surface area contributed by atoms with Crippen LogP contribution in [-0.2, 0) is 0 Å². The molecule has 0 radical (unpaired) electrons. The van der Waals surface area contributed by atoms with Crippen LogP contribution in [0.4, 0.5) is 0 Å². The van der Waals surface area contributed by atoms with E-state index in [0.717, 1.165) is 38.5 Å². The van der Waals surface area contributed by atoms with Crippen molar-refractivity contribution in [2.24, 2.45) is 0 Å². The van der Waals surface area contributed by atoms with Crippen LogP contribution in [0.3, 0.4) is 0 Å². The first-order valence-corrected chi connectivity index (χ1v) is 10.0. The molecule has 6 heteroatoms. The average molecular weight is 376 g/mol. The molecule has 3 amide bonds. The third-order valence-corrected chi connectivity index (χ3v) is 4.17. The molecule has 1 aromatic carbocycles. The van der Waals surface area contributed by atoms with E-state index < -0.39 is 0 Å². The number of unbranched alkanes of at least 4 members (excludes halogenated alkanes) is 3. The van der Waals surface area contributed by atoms with Crippen LogP contribution >= 0.6 is 0 Å². The maximum absolute atomic E-state index is 12.4. The lowest BCUT2D eigenvalue weighted by Gasteiger charge is -2.11. The van der Waals surface area contributed by atoms with Gasteiger partial charge in [0.1, 0.15) is 0 Å². The van der Waals surface area contributed by atoms with Gasteiger partial charge in [-0.3, -0.25) is 14.4 Å². The Kier molecular flexibility index (Phi) is 10.8. The Morgan fingerprint density at radius 2 is 0.852 bits per heavy atom. The molecule has 150 valence electrons. The van der Waals surface area contributed by atoms with Crippen molar-refractivity contribution in [3.05, 3.63) is 34.9 Å². The normalized spacial score (nSPS) is 10.3. The van der Waals surface area contributed by atoms with Crippen LogP contribution in [0.1, 0.15) is 90.4 Å². The lowest BCUT2D eigenvalue weighted by Crippen LogP contribution is -2.29. The second kappa shape index (κ2) is 12.9. The van der Waals surface area contributed by atoms with E-state index in [9.17, 15) is 14.4 Å². The fourth-order valence-corrected chi connectivity index (χ4v) is 2.46. The van der Waals surface area contributed by atoms with Gasteiger partial charge < -0.3 is 16.0 Å². The molecule has 0 heterocycles. The maximum Gasteiger partial charge on any atom is 0.251 e. The highest BCUT2D eigenvalue weighted by atomic mass is 16.2. The van der Waals surface area contributed by atoms with Gasteiger partial charge >= 0.3 is 0 Å².